The van der Waals surface area contributed by atoms with Crippen LogP contribution in [0.4, 0.5) is 0 Å². The average Bonchev–Trinajstić information content (AvgIpc) is 2.86. The smallest absolute Gasteiger partial charge is 0.110 e. The van der Waals surface area contributed by atoms with E-state index < -0.39 is 0 Å². The molecule has 2 N–H and O–H groups in total. The first-order valence-corrected chi connectivity index (χ1v) is 4.94. The molecule has 2 rings (SSSR count). The average molecular weight is 227 g/mol. The molecule has 0 spiro atoms. The fourth-order valence-corrected chi connectivity index (χ4v) is 1.87. The van der Waals surface area contributed by atoms with Crippen LogP contribution in [0.5, 0.6) is 0 Å². The number of pyridine rings is 1. The van der Waals surface area contributed by atoms with E-state index in [0.29, 0.717) is 5.92 Å². The lowest BCUT2D eigenvalue weighted by Gasteiger charge is -2.10. The molecule has 1 aliphatic rings. The van der Waals surface area contributed by atoms with Crippen molar-refractivity contribution >= 4 is 15.9 Å². The van der Waals surface area contributed by atoms with Crippen LogP contribution in [-0.2, 0) is 0 Å². The number of nitrogens with zero attached hydrogens (tertiary/aromatic N) is 1. The number of hydrogen-bond donors (Lipinski definition) is 1. The maximum atomic E-state index is 6.03. The Labute approximate surface area is 80.3 Å². The maximum absolute atomic E-state index is 6.03. The monoisotopic (exact) mass is 226 g/mol. The Morgan fingerprint density at radius 1 is 1.58 bits per heavy atom. The van der Waals surface area contributed by atoms with Crippen LogP contribution in [0.15, 0.2) is 22.9 Å². The SMILES string of the molecule is N[C@@H](c1cccnc1Br)C1CC1. The lowest BCUT2D eigenvalue weighted by Crippen LogP contribution is -2.13. The number of hydrogen-bond acceptors (Lipinski definition) is 2. The third-order valence-corrected chi connectivity index (χ3v) is 2.94. The Balaban J connectivity index is 2.25. The Morgan fingerprint density at radius 2 is 2.33 bits per heavy atom. The molecular weight excluding hydrogens is 216 g/mol. The molecule has 1 saturated carbocycles. The molecule has 0 saturated heterocycles. The van der Waals surface area contributed by atoms with Gasteiger partial charge in [-0.25, -0.2) is 4.98 Å². The van der Waals surface area contributed by atoms with Gasteiger partial charge in [-0.15, -0.1) is 0 Å². The van der Waals surface area contributed by atoms with Gasteiger partial charge in [0, 0.05) is 17.8 Å². The van der Waals surface area contributed by atoms with Gasteiger partial charge in [-0.3, -0.25) is 0 Å². The van der Waals surface area contributed by atoms with Crippen molar-refractivity contribution in [2.75, 3.05) is 0 Å². The fraction of sp³-hybridized carbons (Fsp3) is 0.444. The Morgan fingerprint density at radius 3 is 2.92 bits per heavy atom. The topological polar surface area (TPSA) is 38.9 Å². The number of nitrogens with two attached hydrogens (primary N) is 1. The summed E-state index contributed by atoms with van der Waals surface area (Å²) in [5, 5.41) is 0. The second kappa shape index (κ2) is 3.15. The van der Waals surface area contributed by atoms with E-state index in [1.165, 1.54) is 12.8 Å². The first-order valence-electron chi connectivity index (χ1n) is 4.15. The minimum absolute atomic E-state index is 0.174. The largest absolute Gasteiger partial charge is 0.324 e. The molecule has 1 aromatic rings. The van der Waals surface area contributed by atoms with Crippen molar-refractivity contribution in [2.24, 2.45) is 11.7 Å². The lowest BCUT2D eigenvalue weighted by molar-refractivity contribution is 0.627. The van der Waals surface area contributed by atoms with Crippen molar-refractivity contribution in [3.8, 4) is 0 Å². The van der Waals surface area contributed by atoms with Crippen molar-refractivity contribution in [3.05, 3.63) is 28.5 Å². The minimum Gasteiger partial charge on any atom is -0.324 e. The van der Waals surface area contributed by atoms with Gasteiger partial charge >= 0.3 is 0 Å². The zero-order valence-electron chi connectivity index (χ0n) is 6.70. The number of aromatic nitrogens is 1. The number of halogens is 1. The van der Waals surface area contributed by atoms with Gasteiger partial charge in [0.1, 0.15) is 4.60 Å². The van der Waals surface area contributed by atoms with Crippen LogP contribution in [0.25, 0.3) is 0 Å². The fourth-order valence-electron chi connectivity index (χ4n) is 1.36. The minimum atomic E-state index is 0.174. The van der Waals surface area contributed by atoms with Crippen molar-refractivity contribution < 1.29 is 0 Å². The molecule has 0 amide bonds. The molecular formula is C9H11BrN2. The summed E-state index contributed by atoms with van der Waals surface area (Å²) in [7, 11) is 0. The Kier molecular flexibility index (Phi) is 2.15. The van der Waals surface area contributed by atoms with Gasteiger partial charge in [0.05, 0.1) is 0 Å². The van der Waals surface area contributed by atoms with Gasteiger partial charge in [0.15, 0.2) is 0 Å². The van der Waals surface area contributed by atoms with Crippen LogP contribution >= 0.6 is 15.9 Å². The summed E-state index contributed by atoms with van der Waals surface area (Å²) in [6.45, 7) is 0. The molecule has 2 nitrogen and oxygen atoms in total. The first kappa shape index (κ1) is 8.20. The summed E-state index contributed by atoms with van der Waals surface area (Å²) in [6.07, 6.45) is 4.30. The summed E-state index contributed by atoms with van der Waals surface area (Å²) >= 11 is 3.40. The van der Waals surface area contributed by atoms with E-state index in [4.69, 9.17) is 5.73 Å². The van der Waals surface area contributed by atoms with Crippen molar-refractivity contribution in [1.82, 2.24) is 4.98 Å². The molecule has 1 aliphatic carbocycles. The molecule has 0 aromatic carbocycles. The highest BCUT2D eigenvalue weighted by atomic mass is 79.9. The van der Waals surface area contributed by atoms with Crippen LogP contribution < -0.4 is 5.73 Å². The second-order valence-electron chi connectivity index (χ2n) is 3.25. The molecule has 64 valence electrons. The summed E-state index contributed by atoms with van der Waals surface area (Å²) in [4.78, 5) is 4.15. The third-order valence-electron chi connectivity index (χ3n) is 2.28. The predicted molar refractivity (Wildman–Crippen MR) is 51.6 cm³/mol. The van der Waals surface area contributed by atoms with Gasteiger partial charge in [-0.1, -0.05) is 6.07 Å². The third kappa shape index (κ3) is 1.52. The molecule has 1 atom stereocenters. The summed E-state index contributed by atoms with van der Waals surface area (Å²) in [5.41, 5.74) is 7.17. The van der Waals surface area contributed by atoms with Crippen LogP contribution in [0.3, 0.4) is 0 Å². The molecule has 1 heterocycles. The first-order chi connectivity index (χ1) is 5.79. The highest BCUT2D eigenvalue weighted by Gasteiger charge is 2.30. The van der Waals surface area contributed by atoms with Crippen LogP contribution in [0, 0.1) is 5.92 Å². The van der Waals surface area contributed by atoms with Gasteiger partial charge in [0.25, 0.3) is 0 Å². The predicted octanol–water partition coefficient (Wildman–Crippen LogP) is 2.25. The summed E-state index contributed by atoms with van der Waals surface area (Å²) in [6, 6.07) is 4.15. The van der Waals surface area contributed by atoms with E-state index in [9.17, 15) is 0 Å². The van der Waals surface area contributed by atoms with Crippen LogP contribution in [-0.4, -0.2) is 4.98 Å². The quantitative estimate of drug-likeness (QED) is 0.787. The van der Waals surface area contributed by atoms with E-state index in [0.717, 1.165) is 10.2 Å². The maximum Gasteiger partial charge on any atom is 0.110 e. The Bertz CT molecular complexity index is 284. The zero-order chi connectivity index (χ0) is 8.55. The highest BCUT2D eigenvalue weighted by molar-refractivity contribution is 9.10. The molecule has 0 unspecified atom stereocenters. The van der Waals surface area contributed by atoms with Gasteiger partial charge in [-0.05, 0) is 40.8 Å². The molecule has 0 bridgehead atoms. The molecule has 3 heteroatoms. The normalized spacial score (nSPS) is 19.2. The van der Waals surface area contributed by atoms with Crippen molar-refractivity contribution in [2.45, 2.75) is 18.9 Å². The molecule has 1 aromatic heterocycles. The van der Waals surface area contributed by atoms with E-state index >= 15 is 0 Å². The summed E-state index contributed by atoms with van der Waals surface area (Å²) in [5.74, 6) is 0.686. The van der Waals surface area contributed by atoms with Gasteiger partial charge in [0.2, 0.25) is 0 Å². The Hall–Kier alpha value is -0.410. The standard InChI is InChI=1S/C9H11BrN2/c10-9-7(2-1-5-12-9)8(11)6-3-4-6/h1-2,5-6,8H,3-4,11H2/t8-/m1/s1. The second-order valence-corrected chi connectivity index (χ2v) is 4.00. The molecule has 0 radical (unpaired) electrons. The molecule has 1 fully saturated rings. The lowest BCUT2D eigenvalue weighted by atomic mass is 10.1. The molecule has 0 aliphatic heterocycles. The zero-order valence-corrected chi connectivity index (χ0v) is 8.29. The van der Waals surface area contributed by atoms with E-state index in [-0.39, 0.29) is 6.04 Å². The van der Waals surface area contributed by atoms with Crippen molar-refractivity contribution in [1.29, 1.82) is 0 Å². The number of rotatable bonds is 2. The van der Waals surface area contributed by atoms with Gasteiger partial charge < -0.3 is 5.73 Å². The van der Waals surface area contributed by atoms with E-state index in [1.807, 2.05) is 12.1 Å². The highest BCUT2D eigenvalue weighted by Crippen LogP contribution is 2.40. The van der Waals surface area contributed by atoms with E-state index in [1.54, 1.807) is 6.20 Å². The van der Waals surface area contributed by atoms with Crippen LogP contribution in [0.1, 0.15) is 24.4 Å². The molecule has 12 heavy (non-hydrogen) atoms. The van der Waals surface area contributed by atoms with Crippen LogP contribution in [0.2, 0.25) is 0 Å². The van der Waals surface area contributed by atoms with Crippen molar-refractivity contribution in [3.63, 3.8) is 0 Å². The van der Waals surface area contributed by atoms with E-state index in [2.05, 4.69) is 20.9 Å². The van der Waals surface area contributed by atoms with Gasteiger partial charge in [-0.2, -0.15) is 0 Å². The summed E-state index contributed by atoms with van der Waals surface area (Å²) < 4.78 is 0.893.